The maximum Gasteiger partial charge on any atom is 0.255 e. The molecule has 1 amide bonds. The van der Waals surface area contributed by atoms with E-state index < -0.39 is 0 Å². The number of rotatable bonds is 5. The van der Waals surface area contributed by atoms with Crippen LogP contribution in [0.3, 0.4) is 0 Å². The summed E-state index contributed by atoms with van der Waals surface area (Å²) in [5.41, 5.74) is 2.40. The number of hydrogen-bond acceptors (Lipinski definition) is 4. The van der Waals surface area contributed by atoms with Crippen LogP contribution in [0.4, 0.5) is 0 Å². The van der Waals surface area contributed by atoms with E-state index in [1.54, 1.807) is 14.2 Å². The number of likely N-dealkylation sites (tertiary alicyclic amines) is 1. The average Bonchev–Trinajstić information content (AvgIpc) is 2.58. The van der Waals surface area contributed by atoms with Gasteiger partial charge in [0.2, 0.25) is 0 Å². The zero-order valence-electron chi connectivity index (χ0n) is 13.0. The molecule has 0 radical (unpaired) electrons. The smallest absolute Gasteiger partial charge is 0.255 e. The van der Waals surface area contributed by atoms with Crippen LogP contribution in [0.2, 0.25) is 0 Å². The first-order chi connectivity index (χ1) is 10.7. The molecule has 2 atom stereocenters. The first-order valence-electron chi connectivity index (χ1n) is 7.60. The second-order valence-electron chi connectivity index (χ2n) is 5.65. The molecule has 118 valence electrons. The Morgan fingerprint density at radius 2 is 2.05 bits per heavy atom. The normalized spacial score (nSPS) is 24.7. The highest BCUT2D eigenvalue weighted by Crippen LogP contribution is 2.32. The summed E-state index contributed by atoms with van der Waals surface area (Å²) in [5.74, 6) is 0.897. The van der Waals surface area contributed by atoms with E-state index in [1.807, 2.05) is 29.2 Å². The molecule has 2 aliphatic heterocycles. The van der Waals surface area contributed by atoms with Gasteiger partial charge in [-0.3, -0.25) is 4.79 Å². The standard InChI is InChI=1S/C17H22N2O3/c1-21-14-5-3-12(4-6-14)11-19-15(16(22-2)17(19)20)13-7-9-18-10-8-13/h3-7,15-16,18H,8-11H2,1-2H3/t15-,16+/m0/s1. The third-order valence-corrected chi connectivity index (χ3v) is 4.39. The van der Waals surface area contributed by atoms with Gasteiger partial charge in [0.25, 0.3) is 5.91 Å². The first-order valence-corrected chi connectivity index (χ1v) is 7.60. The first kappa shape index (κ1) is 15.1. The van der Waals surface area contributed by atoms with Crippen molar-refractivity contribution in [3.63, 3.8) is 0 Å². The molecule has 3 rings (SSSR count). The number of carbonyl (C=O) groups excluding carboxylic acids is 1. The van der Waals surface area contributed by atoms with Gasteiger partial charge in [0.15, 0.2) is 6.10 Å². The lowest BCUT2D eigenvalue weighted by molar-refractivity contribution is -0.168. The quantitative estimate of drug-likeness (QED) is 0.659. The van der Waals surface area contributed by atoms with Crippen LogP contribution in [0.1, 0.15) is 12.0 Å². The largest absolute Gasteiger partial charge is 0.497 e. The Balaban J connectivity index is 1.75. The summed E-state index contributed by atoms with van der Waals surface area (Å²) in [5, 5.41) is 3.30. The van der Waals surface area contributed by atoms with E-state index in [0.29, 0.717) is 6.54 Å². The predicted molar refractivity (Wildman–Crippen MR) is 83.7 cm³/mol. The molecule has 0 bridgehead atoms. The van der Waals surface area contributed by atoms with Crippen molar-refractivity contribution in [1.29, 1.82) is 0 Å². The van der Waals surface area contributed by atoms with Gasteiger partial charge in [0.1, 0.15) is 5.75 Å². The van der Waals surface area contributed by atoms with E-state index in [4.69, 9.17) is 9.47 Å². The number of nitrogens with one attached hydrogen (secondary N) is 1. The molecule has 2 aliphatic rings. The van der Waals surface area contributed by atoms with Gasteiger partial charge < -0.3 is 19.7 Å². The molecule has 22 heavy (non-hydrogen) atoms. The van der Waals surface area contributed by atoms with Crippen LogP contribution in [0, 0.1) is 0 Å². The van der Waals surface area contributed by atoms with Crippen molar-refractivity contribution in [1.82, 2.24) is 10.2 Å². The minimum atomic E-state index is -0.331. The Hall–Kier alpha value is -1.85. The van der Waals surface area contributed by atoms with Crippen molar-refractivity contribution in [3.8, 4) is 5.75 Å². The fourth-order valence-electron chi connectivity index (χ4n) is 3.15. The Morgan fingerprint density at radius 3 is 2.64 bits per heavy atom. The molecule has 1 N–H and O–H groups in total. The van der Waals surface area contributed by atoms with Crippen molar-refractivity contribution in [2.45, 2.75) is 25.1 Å². The van der Waals surface area contributed by atoms with Crippen molar-refractivity contribution >= 4 is 5.91 Å². The minimum Gasteiger partial charge on any atom is -0.497 e. The molecule has 0 saturated carbocycles. The molecular weight excluding hydrogens is 280 g/mol. The fraction of sp³-hybridized carbons (Fsp3) is 0.471. The third kappa shape index (κ3) is 2.74. The molecule has 5 nitrogen and oxygen atoms in total. The number of methoxy groups -OCH3 is 2. The lowest BCUT2D eigenvalue weighted by atomic mass is 9.86. The fourth-order valence-corrected chi connectivity index (χ4v) is 3.15. The molecule has 5 heteroatoms. The molecule has 1 saturated heterocycles. The zero-order chi connectivity index (χ0) is 15.5. The second kappa shape index (κ2) is 6.50. The maximum atomic E-state index is 12.3. The highest BCUT2D eigenvalue weighted by atomic mass is 16.5. The van der Waals surface area contributed by atoms with Gasteiger partial charge in [-0.15, -0.1) is 0 Å². The van der Waals surface area contributed by atoms with Gasteiger partial charge in [-0.1, -0.05) is 18.2 Å². The van der Waals surface area contributed by atoms with E-state index >= 15 is 0 Å². The molecule has 1 fully saturated rings. The van der Waals surface area contributed by atoms with Crippen molar-refractivity contribution in [2.75, 3.05) is 27.3 Å². The van der Waals surface area contributed by atoms with Gasteiger partial charge in [0, 0.05) is 20.2 Å². The Kier molecular flexibility index (Phi) is 4.45. The third-order valence-electron chi connectivity index (χ3n) is 4.39. The topological polar surface area (TPSA) is 50.8 Å². The summed E-state index contributed by atoms with van der Waals surface area (Å²) in [6, 6.07) is 7.92. The number of benzene rings is 1. The van der Waals surface area contributed by atoms with Crippen LogP contribution in [0.25, 0.3) is 0 Å². The highest BCUT2D eigenvalue weighted by molar-refractivity contribution is 5.89. The molecule has 2 heterocycles. The predicted octanol–water partition coefficient (Wildman–Crippen LogP) is 1.34. The van der Waals surface area contributed by atoms with Crippen LogP contribution in [0.5, 0.6) is 5.75 Å². The van der Waals surface area contributed by atoms with E-state index in [9.17, 15) is 4.79 Å². The molecule has 0 aliphatic carbocycles. The maximum absolute atomic E-state index is 12.3. The second-order valence-corrected chi connectivity index (χ2v) is 5.65. The number of β-lactam (4-membered cyclic amide) rings is 1. The summed E-state index contributed by atoms with van der Waals surface area (Å²) in [7, 11) is 3.26. The molecule has 1 aromatic carbocycles. The summed E-state index contributed by atoms with van der Waals surface area (Å²) >= 11 is 0. The van der Waals surface area contributed by atoms with Gasteiger partial charge in [0.05, 0.1) is 13.2 Å². The SMILES string of the molecule is COc1ccc(CN2C(=O)[C@H](OC)[C@@H]2C2=CCNCC2)cc1. The molecular formula is C17H22N2O3. The number of ether oxygens (including phenoxy) is 2. The summed E-state index contributed by atoms with van der Waals surface area (Å²) in [6.07, 6.45) is 2.83. The lowest BCUT2D eigenvalue weighted by Crippen LogP contribution is -2.65. The number of amides is 1. The Morgan fingerprint density at radius 1 is 1.27 bits per heavy atom. The van der Waals surface area contributed by atoms with Crippen molar-refractivity contribution < 1.29 is 14.3 Å². The van der Waals surface area contributed by atoms with Crippen LogP contribution < -0.4 is 10.1 Å². The highest BCUT2D eigenvalue weighted by Gasteiger charge is 2.49. The molecule has 0 spiro atoms. The van der Waals surface area contributed by atoms with Gasteiger partial charge in [-0.25, -0.2) is 0 Å². The minimum absolute atomic E-state index is 0.0710. The van der Waals surface area contributed by atoms with Crippen LogP contribution >= 0.6 is 0 Å². The monoisotopic (exact) mass is 302 g/mol. The molecule has 0 aromatic heterocycles. The van der Waals surface area contributed by atoms with E-state index in [2.05, 4.69) is 11.4 Å². The van der Waals surface area contributed by atoms with Crippen molar-refractivity contribution in [2.24, 2.45) is 0 Å². The zero-order valence-corrected chi connectivity index (χ0v) is 13.0. The van der Waals surface area contributed by atoms with Crippen LogP contribution in [0.15, 0.2) is 35.9 Å². The van der Waals surface area contributed by atoms with Gasteiger partial charge in [-0.2, -0.15) is 0 Å². The average molecular weight is 302 g/mol. The Bertz CT molecular complexity index is 568. The van der Waals surface area contributed by atoms with Crippen LogP contribution in [-0.2, 0) is 16.1 Å². The van der Waals surface area contributed by atoms with Gasteiger partial charge in [-0.05, 0) is 36.2 Å². The molecule has 0 unspecified atom stereocenters. The number of carbonyl (C=O) groups is 1. The Labute approximate surface area is 130 Å². The van der Waals surface area contributed by atoms with Crippen LogP contribution in [-0.4, -0.2) is 50.3 Å². The molecule has 1 aromatic rings. The van der Waals surface area contributed by atoms with E-state index in [-0.39, 0.29) is 18.1 Å². The van der Waals surface area contributed by atoms with E-state index in [1.165, 1.54) is 5.57 Å². The summed E-state index contributed by atoms with van der Waals surface area (Å²) in [4.78, 5) is 14.2. The lowest BCUT2D eigenvalue weighted by Gasteiger charge is -2.48. The number of nitrogens with zero attached hydrogens (tertiary/aromatic N) is 1. The van der Waals surface area contributed by atoms with E-state index in [0.717, 1.165) is 30.8 Å². The van der Waals surface area contributed by atoms with Crippen molar-refractivity contribution in [3.05, 3.63) is 41.5 Å². The van der Waals surface area contributed by atoms with Gasteiger partial charge >= 0.3 is 0 Å². The summed E-state index contributed by atoms with van der Waals surface area (Å²) in [6.45, 7) is 2.44. The number of hydrogen-bond donors (Lipinski definition) is 1. The summed E-state index contributed by atoms with van der Waals surface area (Å²) < 4.78 is 10.6.